The first-order chi connectivity index (χ1) is 14.3. The van der Waals surface area contributed by atoms with Gasteiger partial charge in [-0.2, -0.15) is 8.42 Å². The van der Waals surface area contributed by atoms with Gasteiger partial charge in [0, 0.05) is 11.6 Å². The summed E-state index contributed by atoms with van der Waals surface area (Å²) in [5.74, 6) is 1.78. The van der Waals surface area contributed by atoms with Crippen LogP contribution >= 0.6 is 0 Å². The van der Waals surface area contributed by atoms with Crippen molar-refractivity contribution in [2.24, 2.45) is 21.6 Å². The maximum atomic E-state index is 12.1. The first-order valence-electron chi connectivity index (χ1n) is 10.8. The van der Waals surface area contributed by atoms with Crippen molar-refractivity contribution in [3.63, 3.8) is 0 Å². The predicted molar refractivity (Wildman–Crippen MR) is 113 cm³/mol. The van der Waals surface area contributed by atoms with Crippen molar-refractivity contribution >= 4 is 22.5 Å². The first kappa shape index (κ1) is 19.8. The summed E-state index contributed by atoms with van der Waals surface area (Å²) in [6.45, 7) is 4.58. The van der Waals surface area contributed by atoms with E-state index in [1.165, 1.54) is 22.9 Å². The van der Waals surface area contributed by atoms with E-state index in [4.69, 9.17) is 8.92 Å². The molecule has 7 heteroatoms. The molecule has 0 amide bonds. The number of allylic oxidation sites excluding steroid dienone is 1. The number of nitrogens with zero attached hydrogens (tertiary/aromatic N) is 1. The highest BCUT2D eigenvalue weighted by Crippen LogP contribution is 2.63. The highest BCUT2D eigenvalue weighted by molar-refractivity contribution is 7.86. The molecule has 30 heavy (non-hydrogen) atoms. The fourth-order valence-corrected chi connectivity index (χ4v) is 7.11. The minimum absolute atomic E-state index is 0.0677. The van der Waals surface area contributed by atoms with Crippen molar-refractivity contribution in [1.29, 1.82) is 0 Å². The lowest BCUT2D eigenvalue weighted by Gasteiger charge is -2.49. The second-order valence-electron chi connectivity index (χ2n) is 9.17. The van der Waals surface area contributed by atoms with Crippen LogP contribution < -0.4 is 4.18 Å². The Morgan fingerprint density at radius 1 is 1.30 bits per heavy atom. The minimum Gasteiger partial charge on any atom is -0.463 e. The van der Waals surface area contributed by atoms with E-state index < -0.39 is 10.3 Å². The Kier molecular flexibility index (Phi) is 4.58. The number of hydrogen-bond acceptors (Lipinski definition) is 5. The van der Waals surface area contributed by atoms with E-state index in [0.717, 1.165) is 44.1 Å². The van der Waals surface area contributed by atoms with Crippen molar-refractivity contribution in [2.75, 3.05) is 6.61 Å². The van der Waals surface area contributed by atoms with Crippen LogP contribution in [0, 0.1) is 17.3 Å². The third-order valence-electron chi connectivity index (χ3n) is 7.80. The summed E-state index contributed by atoms with van der Waals surface area (Å²) >= 11 is 0. The van der Waals surface area contributed by atoms with E-state index in [9.17, 15) is 13.2 Å². The number of esters is 1. The van der Waals surface area contributed by atoms with Gasteiger partial charge in [0.15, 0.2) is 5.75 Å². The Labute approximate surface area is 177 Å². The van der Waals surface area contributed by atoms with Crippen LogP contribution in [0.3, 0.4) is 0 Å². The lowest BCUT2D eigenvalue weighted by atomic mass is 9.55. The zero-order valence-electron chi connectivity index (χ0n) is 17.4. The Morgan fingerprint density at radius 2 is 2.13 bits per heavy atom. The number of fused-ring (bicyclic) bond motifs is 6. The zero-order valence-corrected chi connectivity index (χ0v) is 18.2. The number of hydrogen-bond donors (Lipinski definition) is 0. The van der Waals surface area contributed by atoms with Crippen molar-refractivity contribution < 1.29 is 22.1 Å². The SMILES string of the molecule is CCOC(=O)/C=C1\CC[C@H]2[C@@H]3CCc4cc5c(cc4[C@H]3CC[C@]12C)C=NS(=O)(=O)O5. The summed E-state index contributed by atoms with van der Waals surface area (Å²) in [6, 6.07) is 3.99. The second kappa shape index (κ2) is 6.94. The normalized spacial score (nSPS) is 34.3. The summed E-state index contributed by atoms with van der Waals surface area (Å²) in [5.41, 5.74) is 4.59. The average molecular weight is 430 g/mol. The van der Waals surface area contributed by atoms with Crippen LogP contribution in [0.1, 0.15) is 68.6 Å². The molecular formula is C23H27NO5S. The monoisotopic (exact) mass is 429 g/mol. The van der Waals surface area contributed by atoms with Crippen LogP contribution in [-0.2, 0) is 26.3 Å². The van der Waals surface area contributed by atoms with Crippen LogP contribution in [0.5, 0.6) is 5.75 Å². The molecule has 5 rings (SSSR count). The van der Waals surface area contributed by atoms with Gasteiger partial charge in [-0.15, -0.1) is 4.40 Å². The van der Waals surface area contributed by atoms with E-state index in [1.807, 2.05) is 13.0 Å². The summed E-state index contributed by atoms with van der Waals surface area (Å²) < 4.78 is 37.1. The largest absolute Gasteiger partial charge is 0.463 e. The standard InChI is InChI=1S/C23H27NO5S/c1-3-28-22(25)12-16-5-7-20-18-6-4-14-11-21-15(13-24-30(26,27)29-21)10-19(14)17(18)8-9-23(16,20)2/h10-13,17-18,20H,3-9H2,1-2H3/b16-12+/t17-,18+,20-,23+/m0/s1. The summed E-state index contributed by atoms with van der Waals surface area (Å²) in [4.78, 5) is 12.1. The molecule has 0 spiro atoms. The van der Waals surface area contributed by atoms with Gasteiger partial charge in [0.2, 0.25) is 0 Å². The molecule has 0 unspecified atom stereocenters. The summed E-state index contributed by atoms with van der Waals surface area (Å²) in [7, 11) is -3.86. The number of ether oxygens (including phenoxy) is 1. The van der Waals surface area contributed by atoms with Gasteiger partial charge in [-0.25, -0.2) is 4.79 Å². The molecule has 1 aromatic carbocycles. The van der Waals surface area contributed by atoms with Gasteiger partial charge in [-0.1, -0.05) is 12.5 Å². The molecule has 1 heterocycles. The number of carbonyl (C=O) groups is 1. The van der Waals surface area contributed by atoms with Gasteiger partial charge < -0.3 is 8.92 Å². The minimum atomic E-state index is -3.86. The molecule has 2 fully saturated rings. The Bertz CT molecular complexity index is 1070. The quantitative estimate of drug-likeness (QED) is 0.522. The van der Waals surface area contributed by atoms with Crippen molar-refractivity contribution in [2.45, 2.75) is 58.3 Å². The number of aryl methyl sites for hydroxylation is 1. The molecule has 0 saturated heterocycles. The fraction of sp³-hybridized carbons (Fsp3) is 0.565. The van der Waals surface area contributed by atoms with Gasteiger partial charge >= 0.3 is 16.3 Å². The van der Waals surface area contributed by atoms with Crippen LogP contribution in [0.15, 0.2) is 28.2 Å². The van der Waals surface area contributed by atoms with E-state index in [1.54, 1.807) is 6.08 Å². The Hall–Kier alpha value is -2.15. The van der Waals surface area contributed by atoms with E-state index in [2.05, 4.69) is 17.4 Å². The van der Waals surface area contributed by atoms with Crippen molar-refractivity contribution in [3.05, 3.63) is 40.5 Å². The van der Waals surface area contributed by atoms with Crippen LogP contribution in [0.4, 0.5) is 0 Å². The third-order valence-corrected chi connectivity index (χ3v) is 8.55. The highest BCUT2D eigenvalue weighted by Gasteiger charge is 2.52. The Balaban J connectivity index is 1.46. The molecule has 0 radical (unpaired) electrons. The molecular weight excluding hydrogens is 402 g/mol. The number of carbonyl (C=O) groups excluding carboxylic acids is 1. The molecule has 4 atom stereocenters. The van der Waals surface area contributed by atoms with Gasteiger partial charge in [0.25, 0.3) is 0 Å². The first-order valence-corrected chi connectivity index (χ1v) is 12.2. The van der Waals surface area contributed by atoms with Crippen molar-refractivity contribution in [1.82, 2.24) is 0 Å². The lowest BCUT2D eigenvalue weighted by molar-refractivity contribution is -0.137. The van der Waals surface area contributed by atoms with Gasteiger partial charge in [0.05, 0.1) is 12.8 Å². The highest BCUT2D eigenvalue weighted by atomic mass is 32.2. The van der Waals surface area contributed by atoms with E-state index in [-0.39, 0.29) is 11.4 Å². The lowest BCUT2D eigenvalue weighted by Crippen LogP contribution is -2.40. The zero-order chi connectivity index (χ0) is 21.1. The van der Waals surface area contributed by atoms with Crippen molar-refractivity contribution in [3.8, 4) is 5.75 Å². The molecule has 1 aliphatic heterocycles. The van der Waals surface area contributed by atoms with E-state index >= 15 is 0 Å². The topological polar surface area (TPSA) is 82.0 Å². The number of rotatable bonds is 2. The maximum Gasteiger partial charge on any atom is 0.428 e. The number of benzene rings is 1. The van der Waals surface area contributed by atoms with Gasteiger partial charge in [-0.3, -0.25) is 0 Å². The molecule has 0 aromatic heterocycles. The molecule has 0 N–H and O–H groups in total. The molecule has 160 valence electrons. The average Bonchev–Trinajstić information content (AvgIpc) is 3.02. The smallest absolute Gasteiger partial charge is 0.428 e. The molecule has 1 aromatic rings. The van der Waals surface area contributed by atoms with Crippen LogP contribution in [-0.4, -0.2) is 27.2 Å². The molecule has 0 bridgehead atoms. The third kappa shape index (κ3) is 3.09. The van der Waals surface area contributed by atoms with Crippen LogP contribution in [0.25, 0.3) is 0 Å². The summed E-state index contributed by atoms with van der Waals surface area (Å²) in [5, 5.41) is 0. The molecule has 6 nitrogen and oxygen atoms in total. The fourth-order valence-electron chi connectivity index (χ4n) is 6.46. The van der Waals surface area contributed by atoms with Gasteiger partial charge in [-0.05, 0) is 91.9 Å². The summed E-state index contributed by atoms with van der Waals surface area (Å²) in [6.07, 6.45) is 9.38. The Morgan fingerprint density at radius 3 is 2.93 bits per heavy atom. The second-order valence-corrected chi connectivity index (χ2v) is 10.4. The van der Waals surface area contributed by atoms with E-state index in [0.29, 0.717) is 30.1 Å². The molecule has 4 aliphatic rings. The molecule has 2 saturated carbocycles. The van der Waals surface area contributed by atoms with Gasteiger partial charge in [0.1, 0.15) is 0 Å². The predicted octanol–water partition coefficient (Wildman–Crippen LogP) is 4.09. The maximum absolute atomic E-state index is 12.1. The van der Waals surface area contributed by atoms with Crippen LogP contribution in [0.2, 0.25) is 0 Å². The molecule has 3 aliphatic carbocycles.